The number of piperidine rings is 3. The van der Waals surface area contributed by atoms with Gasteiger partial charge in [-0.3, -0.25) is 4.79 Å². The van der Waals surface area contributed by atoms with Crippen LogP contribution in [0, 0.1) is 12.7 Å². The maximum atomic E-state index is 14.3. The molecule has 1 aromatic heterocycles. The molecule has 3 aromatic rings. The van der Waals surface area contributed by atoms with Crippen molar-refractivity contribution in [1.82, 2.24) is 29.4 Å². The number of benzene rings is 2. The Morgan fingerprint density at radius 2 is 1.67 bits per heavy atom. The van der Waals surface area contributed by atoms with Crippen LogP contribution in [0.25, 0.3) is 10.9 Å². The van der Waals surface area contributed by atoms with Crippen LogP contribution in [-0.2, 0) is 34.0 Å². The summed E-state index contributed by atoms with van der Waals surface area (Å²) >= 11 is 0. The number of anilines is 1. The second-order valence-electron chi connectivity index (χ2n) is 17.1. The molecular weight excluding hydrogens is 718 g/mol. The van der Waals surface area contributed by atoms with Gasteiger partial charge in [-0.1, -0.05) is 44.3 Å². The smallest absolute Gasteiger partial charge is 0.410 e. The van der Waals surface area contributed by atoms with E-state index in [1.165, 1.54) is 25.3 Å². The zero-order valence-corrected chi connectivity index (χ0v) is 34.0. The van der Waals surface area contributed by atoms with Crippen LogP contribution in [0.5, 0.6) is 0 Å². The Labute approximate surface area is 325 Å². The molecule has 3 fully saturated rings. The van der Waals surface area contributed by atoms with Crippen LogP contribution in [0.1, 0.15) is 61.6 Å². The molecule has 5 heterocycles. The van der Waals surface area contributed by atoms with Gasteiger partial charge in [0, 0.05) is 77.5 Å². The van der Waals surface area contributed by atoms with Gasteiger partial charge < -0.3 is 34.4 Å². The Morgan fingerprint density at radius 1 is 0.964 bits per heavy atom. The number of nitrogens with zero attached hydrogens (tertiary/aromatic N) is 6. The van der Waals surface area contributed by atoms with E-state index in [2.05, 4.69) is 29.9 Å². The quantitative estimate of drug-likeness (QED) is 0.168. The Morgan fingerprint density at radius 3 is 2.40 bits per heavy atom. The number of fused-ring (bicyclic) bond motifs is 2. The van der Waals surface area contributed by atoms with Gasteiger partial charge in [-0.05, 0) is 93.4 Å². The molecule has 14 heteroatoms. The Kier molecular flexibility index (Phi) is 12.1. The molecule has 12 nitrogen and oxygen atoms in total. The number of hydrogen-bond acceptors (Lipinski definition) is 7. The molecule has 1 unspecified atom stereocenters. The minimum Gasteiger partial charge on any atom is -0.436 e. The number of hydrogen-bond donors (Lipinski definition) is 1. The Balaban J connectivity index is 1.02. The van der Waals surface area contributed by atoms with Gasteiger partial charge in [-0.25, -0.2) is 18.7 Å². The third-order valence-corrected chi connectivity index (χ3v) is 13.6. The molecule has 0 bridgehead atoms. The first-order valence-electron chi connectivity index (χ1n) is 20.3. The maximum Gasteiger partial charge on any atom is 0.410 e. The van der Waals surface area contributed by atoms with Gasteiger partial charge in [-0.2, -0.15) is 5.10 Å². The second-order valence-corrected chi connectivity index (χ2v) is 22.8. The Bertz CT molecular complexity index is 1840. The van der Waals surface area contributed by atoms with Gasteiger partial charge in [-0.15, -0.1) is 0 Å². The molecule has 55 heavy (non-hydrogen) atoms. The van der Waals surface area contributed by atoms with Gasteiger partial charge in [0.25, 0.3) is 5.91 Å². The van der Waals surface area contributed by atoms with Crippen LogP contribution in [0.4, 0.5) is 19.7 Å². The molecule has 0 spiro atoms. The van der Waals surface area contributed by atoms with Gasteiger partial charge >= 0.3 is 12.1 Å². The number of halogens is 1. The third-order valence-electron chi connectivity index (χ3n) is 11.8. The monoisotopic (exact) mass is 775 g/mol. The van der Waals surface area contributed by atoms with Crippen molar-refractivity contribution in [3.05, 3.63) is 59.0 Å². The van der Waals surface area contributed by atoms with Crippen molar-refractivity contribution in [3.8, 4) is 0 Å². The van der Waals surface area contributed by atoms with Crippen molar-refractivity contribution >= 4 is 42.7 Å². The average molecular weight is 776 g/mol. The van der Waals surface area contributed by atoms with E-state index in [9.17, 15) is 18.8 Å². The number of ether oxygens (including phenoxy) is 2. The van der Waals surface area contributed by atoms with Crippen molar-refractivity contribution in [1.29, 1.82) is 0 Å². The van der Waals surface area contributed by atoms with E-state index in [0.717, 1.165) is 59.6 Å². The molecule has 4 aliphatic rings. The summed E-state index contributed by atoms with van der Waals surface area (Å²) in [4.78, 5) is 49.0. The molecule has 1 atom stereocenters. The number of carbonyl (C=O) groups excluding carboxylic acids is 3. The molecule has 0 aliphatic carbocycles. The lowest BCUT2D eigenvalue weighted by Crippen LogP contribution is -2.53. The highest BCUT2D eigenvalue weighted by molar-refractivity contribution is 6.76. The fourth-order valence-corrected chi connectivity index (χ4v) is 9.37. The fourth-order valence-electron chi connectivity index (χ4n) is 8.62. The number of aromatic nitrogens is 2. The molecular formula is C41H58FN7O5Si. The topological polar surface area (TPSA) is 112 Å². The summed E-state index contributed by atoms with van der Waals surface area (Å²) in [7, 11) is -1.20. The highest BCUT2D eigenvalue weighted by Gasteiger charge is 2.37. The first-order chi connectivity index (χ1) is 26.4. The number of nitrogens with one attached hydrogen (secondary N) is 1. The molecule has 298 valence electrons. The molecule has 4 aliphatic heterocycles. The number of urea groups is 1. The average Bonchev–Trinajstić information content (AvgIpc) is 3.60. The summed E-state index contributed by atoms with van der Waals surface area (Å²) in [5, 5.41) is 8.44. The molecule has 1 N–H and O–H groups in total. The van der Waals surface area contributed by atoms with E-state index >= 15 is 0 Å². The first kappa shape index (κ1) is 39.2. The standard InChI is InChI=1S/C41H58FN7O5Si/c1-29-23-30(24-32-26-48(44-37(29)32)28-53-21-22-55(2,3)4)25-36(39(50)46-17-11-33(12-18-46)45-15-6-5-7-16-45)54-41(52)47-19-13-34(14-20-47)49-27-31-9-8-10-35(42)38(31)43-40(49)51/h8-10,23-24,26,33-34,36H,5-7,11-22,25,27-28H2,1-4H3,(H,43,51). The lowest BCUT2D eigenvalue weighted by molar-refractivity contribution is -0.142. The maximum absolute atomic E-state index is 14.3. The summed E-state index contributed by atoms with van der Waals surface area (Å²) in [6.45, 7) is 14.7. The normalized spacial score (nSPS) is 19.7. The van der Waals surface area contributed by atoms with Crippen molar-refractivity contribution in [2.24, 2.45) is 0 Å². The summed E-state index contributed by atoms with van der Waals surface area (Å²) < 4.78 is 28.3. The van der Waals surface area contributed by atoms with E-state index in [-0.39, 0.29) is 30.1 Å². The highest BCUT2D eigenvalue weighted by Crippen LogP contribution is 2.30. The largest absolute Gasteiger partial charge is 0.436 e. The van der Waals surface area contributed by atoms with E-state index in [1.807, 2.05) is 40.9 Å². The van der Waals surface area contributed by atoms with E-state index in [1.54, 1.807) is 15.9 Å². The lowest BCUT2D eigenvalue weighted by Gasteiger charge is -2.41. The predicted molar refractivity (Wildman–Crippen MR) is 213 cm³/mol. The van der Waals surface area contributed by atoms with Crippen LogP contribution >= 0.6 is 0 Å². The van der Waals surface area contributed by atoms with Crippen molar-refractivity contribution in [3.63, 3.8) is 0 Å². The van der Waals surface area contributed by atoms with Gasteiger partial charge in [0.2, 0.25) is 0 Å². The molecule has 0 saturated carbocycles. The van der Waals surface area contributed by atoms with Crippen LogP contribution in [-0.4, -0.2) is 120 Å². The number of para-hydroxylation sites is 1. The van der Waals surface area contributed by atoms with Gasteiger partial charge in [0.05, 0.1) is 11.2 Å². The lowest BCUT2D eigenvalue weighted by atomic mass is 9.98. The van der Waals surface area contributed by atoms with E-state index in [0.29, 0.717) is 64.9 Å². The van der Waals surface area contributed by atoms with Crippen LogP contribution < -0.4 is 5.32 Å². The minimum atomic E-state index is -1.20. The van der Waals surface area contributed by atoms with Gasteiger partial charge in [0.1, 0.15) is 12.5 Å². The Hall–Kier alpha value is -4.01. The van der Waals surface area contributed by atoms with E-state index < -0.39 is 26.1 Å². The van der Waals surface area contributed by atoms with Crippen LogP contribution in [0.15, 0.2) is 36.5 Å². The van der Waals surface area contributed by atoms with Crippen molar-refractivity contribution in [2.75, 3.05) is 51.2 Å². The summed E-state index contributed by atoms with van der Waals surface area (Å²) in [5.74, 6) is -0.595. The van der Waals surface area contributed by atoms with Crippen molar-refractivity contribution < 1.29 is 28.2 Å². The molecule has 3 saturated heterocycles. The number of likely N-dealkylation sites (tertiary alicyclic amines) is 3. The molecule has 2 aromatic carbocycles. The highest BCUT2D eigenvalue weighted by atomic mass is 28.3. The zero-order chi connectivity index (χ0) is 38.7. The summed E-state index contributed by atoms with van der Waals surface area (Å²) in [6, 6.07) is 10.0. The van der Waals surface area contributed by atoms with Crippen molar-refractivity contribution in [2.45, 2.75) is 115 Å². The SMILES string of the molecule is Cc1cc(CC(OC(=O)N2CCC(N3Cc4cccc(F)c4NC3=O)CC2)C(=O)N2CCC(N3CCCCC3)CC2)cc2cn(COCC[Si](C)(C)C)nc12. The van der Waals surface area contributed by atoms with Crippen LogP contribution in [0.3, 0.4) is 0 Å². The number of rotatable bonds is 11. The summed E-state index contributed by atoms with van der Waals surface area (Å²) in [5.41, 5.74) is 3.75. The fraction of sp³-hybridized carbons (Fsp3) is 0.610. The number of amides is 4. The second kappa shape index (κ2) is 17.0. The molecule has 7 rings (SSSR count). The zero-order valence-electron chi connectivity index (χ0n) is 33.0. The number of carbonyl (C=O) groups is 3. The third kappa shape index (κ3) is 9.52. The number of aryl methyl sites for hydroxylation is 1. The first-order valence-corrected chi connectivity index (χ1v) is 24.0. The van der Waals surface area contributed by atoms with E-state index in [4.69, 9.17) is 14.6 Å². The van der Waals surface area contributed by atoms with Gasteiger partial charge in [0.15, 0.2) is 6.10 Å². The summed E-state index contributed by atoms with van der Waals surface area (Å²) in [6.07, 6.45) is 7.46. The molecule has 0 radical (unpaired) electrons. The van der Waals surface area contributed by atoms with Crippen LogP contribution in [0.2, 0.25) is 25.7 Å². The predicted octanol–water partition coefficient (Wildman–Crippen LogP) is 6.83. The molecule has 4 amide bonds. The minimum absolute atomic E-state index is 0.111.